The van der Waals surface area contributed by atoms with Gasteiger partial charge in [0.15, 0.2) is 0 Å². The van der Waals surface area contributed by atoms with Gasteiger partial charge in [-0.15, -0.1) is 0 Å². The summed E-state index contributed by atoms with van der Waals surface area (Å²) in [5, 5.41) is 12.5. The summed E-state index contributed by atoms with van der Waals surface area (Å²) in [6.07, 6.45) is 0.581. The molecule has 2 N–H and O–H groups in total. The average Bonchev–Trinajstić information content (AvgIpc) is 3.01. The molecule has 0 spiro atoms. The van der Waals surface area contributed by atoms with Gasteiger partial charge in [-0.1, -0.05) is 43.7 Å². The number of carbonyl (C=O) groups is 3. The van der Waals surface area contributed by atoms with Crippen LogP contribution in [0.15, 0.2) is 24.3 Å². The van der Waals surface area contributed by atoms with Crippen molar-refractivity contribution in [1.29, 1.82) is 0 Å². The van der Waals surface area contributed by atoms with E-state index in [-0.39, 0.29) is 30.7 Å². The number of nitrogens with one attached hydrogen (secondary N) is 1. The summed E-state index contributed by atoms with van der Waals surface area (Å²) in [6.45, 7) is 7.83. The molecule has 1 saturated heterocycles. The largest absolute Gasteiger partial charge is 0.481 e. The summed E-state index contributed by atoms with van der Waals surface area (Å²) >= 11 is 0. The van der Waals surface area contributed by atoms with Gasteiger partial charge in [0.25, 0.3) is 0 Å². The number of amides is 2. The highest BCUT2D eigenvalue weighted by Crippen LogP contribution is 2.38. The van der Waals surface area contributed by atoms with Crippen molar-refractivity contribution in [3.8, 4) is 0 Å². The fourth-order valence-electron chi connectivity index (χ4n) is 3.54. The Balaban J connectivity index is 2.13. The molecule has 0 radical (unpaired) electrons. The lowest BCUT2D eigenvalue weighted by atomic mass is 9.76. The lowest BCUT2D eigenvalue weighted by molar-refractivity contribution is -0.151. The molecule has 0 aliphatic carbocycles. The molecular weight excluding hydrogens is 332 g/mol. The summed E-state index contributed by atoms with van der Waals surface area (Å²) in [4.78, 5) is 37.7. The Bertz CT molecular complexity index is 684. The minimum Gasteiger partial charge on any atom is -0.481 e. The molecule has 0 aromatic heterocycles. The van der Waals surface area contributed by atoms with Gasteiger partial charge in [0, 0.05) is 20.0 Å². The zero-order valence-electron chi connectivity index (χ0n) is 15.9. The van der Waals surface area contributed by atoms with Crippen LogP contribution in [0.5, 0.6) is 0 Å². The van der Waals surface area contributed by atoms with E-state index in [1.807, 2.05) is 45.0 Å². The number of rotatable bonds is 6. The lowest BCUT2D eigenvalue weighted by Crippen LogP contribution is -2.41. The van der Waals surface area contributed by atoms with Gasteiger partial charge in [-0.2, -0.15) is 0 Å². The van der Waals surface area contributed by atoms with E-state index in [2.05, 4.69) is 5.32 Å². The van der Waals surface area contributed by atoms with Crippen molar-refractivity contribution >= 4 is 17.8 Å². The van der Waals surface area contributed by atoms with Gasteiger partial charge in [0.2, 0.25) is 11.8 Å². The number of hydrogen-bond acceptors (Lipinski definition) is 3. The number of carboxylic acid groups (broad SMARTS) is 1. The van der Waals surface area contributed by atoms with Gasteiger partial charge >= 0.3 is 5.97 Å². The number of aryl methyl sites for hydroxylation is 1. The number of carbonyl (C=O) groups excluding carboxylic acids is 2. The van der Waals surface area contributed by atoms with Gasteiger partial charge in [-0.05, 0) is 24.8 Å². The number of likely N-dealkylation sites (tertiary alicyclic amines) is 1. The van der Waals surface area contributed by atoms with E-state index < -0.39 is 17.4 Å². The fraction of sp³-hybridized carbons (Fsp3) is 0.550. The fourth-order valence-corrected chi connectivity index (χ4v) is 3.54. The van der Waals surface area contributed by atoms with Crippen molar-refractivity contribution in [3.63, 3.8) is 0 Å². The van der Waals surface area contributed by atoms with Crippen LogP contribution in [-0.4, -0.2) is 40.9 Å². The minimum absolute atomic E-state index is 0.0546. The molecule has 1 aliphatic rings. The van der Waals surface area contributed by atoms with Crippen molar-refractivity contribution in [1.82, 2.24) is 10.2 Å². The Hall–Kier alpha value is -2.37. The first-order valence-corrected chi connectivity index (χ1v) is 9.00. The van der Waals surface area contributed by atoms with Crippen molar-refractivity contribution < 1.29 is 19.5 Å². The molecule has 2 unspecified atom stereocenters. The zero-order valence-corrected chi connectivity index (χ0v) is 15.9. The summed E-state index contributed by atoms with van der Waals surface area (Å²) in [5.41, 5.74) is 1.08. The molecular formula is C20H28N2O4. The van der Waals surface area contributed by atoms with Crippen LogP contribution < -0.4 is 5.32 Å². The van der Waals surface area contributed by atoms with E-state index in [1.54, 1.807) is 4.90 Å². The van der Waals surface area contributed by atoms with E-state index in [1.165, 1.54) is 6.92 Å². The van der Waals surface area contributed by atoms with Gasteiger partial charge < -0.3 is 15.3 Å². The molecule has 2 rings (SSSR count). The Kier molecular flexibility index (Phi) is 6.05. The quantitative estimate of drug-likeness (QED) is 0.816. The molecule has 1 aromatic carbocycles. The van der Waals surface area contributed by atoms with Crippen LogP contribution >= 0.6 is 0 Å². The first-order valence-electron chi connectivity index (χ1n) is 9.00. The Morgan fingerprint density at radius 3 is 2.31 bits per heavy atom. The summed E-state index contributed by atoms with van der Waals surface area (Å²) in [6, 6.07) is 7.28. The molecule has 142 valence electrons. The highest BCUT2D eigenvalue weighted by Gasteiger charge is 2.48. The Labute approximate surface area is 154 Å². The maximum absolute atomic E-state index is 12.8. The molecule has 1 fully saturated rings. The van der Waals surface area contributed by atoms with Crippen LogP contribution in [0.3, 0.4) is 0 Å². The van der Waals surface area contributed by atoms with E-state index in [0.717, 1.165) is 11.1 Å². The van der Waals surface area contributed by atoms with E-state index in [4.69, 9.17) is 0 Å². The van der Waals surface area contributed by atoms with Crippen LogP contribution in [0.25, 0.3) is 0 Å². The third-order valence-corrected chi connectivity index (χ3v) is 5.42. The van der Waals surface area contributed by atoms with Gasteiger partial charge in [0.1, 0.15) is 0 Å². The molecule has 2 amide bonds. The molecule has 1 heterocycles. The number of nitrogens with zero attached hydrogens (tertiary/aromatic N) is 1. The first kappa shape index (κ1) is 19.9. The molecule has 6 nitrogen and oxygen atoms in total. The van der Waals surface area contributed by atoms with Crippen molar-refractivity contribution in [2.45, 2.75) is 46.6 Å². The first-order chi connectivity index (χ1) is 12.2. The number of hydrogen-bond donors (Lipinski definition) is 2. The third kappa shape index (κ3) is 4.23. The van der Waals surface area contributed by atoms with Crippen LogP contribution in [-0.2, 0) is 14.4 Å². The van der Waals surface area contributed by atoms with Crippen molar-refractivity contribution in [3.05, 3.63) is 35.4 Å². The summed E-state index contributed by atoms with van der Waals surface area (Å²) in [5.74, 6) is -1.24. The topological polar surface area (TPSA) is 86.7 Å². The van der Waals surface area contributed by atoms with Crippen LogP contribution in [0.2, 0.25) is 0 Å². The molecule has 0 bridgehead atoms. The second-order valence-electron chi connectivity index (χ2n) is 7.55. The van der Waals surface area contributed by atoms with E-state index in [9.17, 15) is 19.5 Å². The minimum atomic E-state index is -0.886. The number of carboxylic acids is 1. The average molecular weight is 360 g/mol. The Morgan fingerprint density at radius 2 is 1.85 bits per heavy atom. The predicted molar refractivity (Wildman–Crippen MR) is 98.5 cm³/mol. The van der Waals surface area contributed by atoms with Gasteiger partial charge in [-0.3, -0.25) is 14.4 Å². The maximum Gasteiger partial charge on any atom is 0.311 e. The molecule has 2 atom stereocenters. The molecule has 1 aliphatic heterocycles. The third-order valence-electron chi connectivity index (χ3n) is 5.42. The maximum atomic E-state index is 12.8. The summed E-state index contributed by atoms with van der Waals surface area (Å²) < 4.78 is 0. The SMILES string of the molecule is CC(=O)NC(CC(=O)N1CCC(C(=O)O)(C(C)C)C1)c1ccc(C)cc1. The Morgan fingerprint density at radius 1 is 1.23 bits per heavy atom. The van der Waals surface area contributed by atoms with Gasteiger partial charge in [-0.25, -0.2) is 0 Å². The second kappa shape index (κ2) is 7.89. The van der Waals surface area contributed by atoms with Crippen LogP contribution in [0.1, 0.15) is 50.8 Å². The molecule has 26 heavy (non-hydrogen) atoms. The molecule has 1 aromatic rings. The highest BCUT2D eigenvalue weighted by atomic mass is 16.4. The number of aliphatic carboxylic acids is 1. The molecule has 0 saturated carbocycles. The van der Waals surface area contributed by atoms with Crippen LogP contribution in [0.4, 0.5) is 0 Å². The van der Waals surface area contributed by atoms with E-state index in [0.29, 0.717) is 13.0 Å². The predicted octanol–water partition coefficient (Wildman–Crippen LogP) is 2.52. The highest BCUT2D eigenvalue weighted by molar-refractivity contribution is 5.82. The standard InChI is InChI=1S/C20H28N2O4/c1-13(2)20(19(25)26)9-10-22(12-20)18(24)11-17(21-15(4)23)16-7-5-14(3)6-8-16/h5-8,13,17H,9-12H2,1-4H3,(H,21,23)(H,25,26). The van der Waals surface area contributed by atoms with E-state index >= 15 is 0 Å². The normalized spacial score (nSPS) is 20.9. The second-order valence-corrected chi connectivity index (χ2v) is 7.55. The molecule has 6 heteroatoms. The van der Waals surface area contributed by atoms with Crippen molar-refractivity contribution in [2.75, 3.05) is 13.1 Å². The van der Waals surface area contributed by atoms with Gasteiger partial charge in [0.05, 0.1) is 17.9 Å². The zero-order chi connectivity index (χ0) is 19.5. The smallest absolute Gasteiger partial charge is 0.311 e. The monoisotopic (exact) mass is 360 g/mol. The van der Waals surface area contributed by atoms with Crippen LogP contribution in [0, 0.1) is 18.3 Å². The van der Waals surface area contributed by atoms with Crippen molar-refractivity contribution in [2.24, 2.45) is 11.3 Å². The summed E-state index contributed by atoms with van der Waals surface area (Å²) in [7, 11) is 0. The number of benzene rings is 1. The lowest BCUT2D eigenvalue weighted by Gasteiger charge is -2.29.